The van der Waals surface area contributed by atoms with E-state index < -0.39 is 4.84 Å². The zero-order chi connectivity index (χ0) is 12.5. The van der Waals surface area contributed by atoms with Crippen LogP contribution in [0, 0.1) is 0 Å². The van der Waals surface area contributed by atoms with Gasteiger partial charge in [-0.05, 0) is 25.9 Å². The van der Waals surface area contributed by atoms with Crippen LogP contribution in [0.5, 0.6) is 0 Å². The van der Waals surface area contributed by atoms with Gasteiger partial charge in [0.1, 0.15) is 0 Å². The van der Waals surface area contributed by atoms with Gasteiger partial charge >= 0.3 is 0 Å². The first-order valence-corrected chi connectivity index (χ1v) is 7.64. The van der Waals surface area contributed by atoms with Crippen LogP contribution in [-0.2, 0) is 6.54 Å². The predicted molar refractivity (Wildman–Crippen MR) is 72.2 cm³/mol. The van der Waals surface area contributed by atoms with E-state index in [1.807, 2.05) is 0 Å². The van der Waals surface area contributed by atoms with Crippen molar-refractivity contribution in [3.05, 3.63) is 10.8 Å². The van der Waals surface area contributed by atoms with E-state index in [1.54, 1.807) is 4.52 Å². The maximum absolute atomic E-state index is 5.82. The molecule has 0 spiro atoms. The number of alkyl halides is 2. The number of hydrogen-bond acceptors (Lipinski definition) is 5. The molecule has 3 rings (SSSR count). The van der Waals surface area contributed by atoms with E-state index in [0.29, 0.717) is 5.01 Å². The molecular weight excluding hydrogens is 293 g/mol. The second-order valence-electron chi connectivity index (χ2n) is 4.39. The molecule has 1 aliphatic heterocycles. The summed E-state index contributed by atoms with van der Waals surface area (Å²) in [4.78, 5) is 2.54. The summed E-state index contributed by atoms with van der Waals surface area (Å²) in [7, 11) is 0. The van der Waals surface area contributed by atoms with Gasteiger partial charge in [0.15, 0.2) is 15.7 Å². The molecule has 1 aliphatic rings. The van der Waals surface area contributed by atoms with Crippen molar-refractivity contribution in [2.24, 2.45) is 0 Å². The highest BCUT2D eigenvalue weighted by Gasteiger charge is 2.18. The highest BCUT2D eigenvalue weighted by Crippen LogP contribution is 2.28. The molecule has 0 amide bonds. The molecule has 0 aromatic carbocycles. The zero-order valence-corrected chi connectivity index (χ0v) is 12.0. The summed E-state index contributed by atoms with van der Waals surface area (Å²) in [6.45, 7) is 3.04. The molecule has 0 unspecified atom stereocenters. The van der Waals surface area contributed by atoms with E-state index in [1.165, 1.54) is 30.6 Å². The van der Waals surface area contributed by atoms with Crippen LogP contribution in [-0.4, -0.2) is 37.8 Å². The molecule has 2 aromatic heterocycles. The van der Waals surface area contributed by atoms with Crippen LogP contribution in [0.1, 0.15) is 34.9 Å². The smallest absolute Gasteiger partial charge is 0.234 e. The highest BCUT2D eigenvalue weighted by atomic mass is 35.5. The first kappa shape index (κ1) is 12.6. The zero-order valence-electron chi connectivity index (χ0n) is 9.72. The Balaban J connectivity index is 1.82. The molecule has 8 heteroatoms. The van der Waals surface area contributed by atoms with Gasteiger partial charge in [0, 0.05) is 0 Å². The van der Waals surface area contributed by atoms with Gasteiger partial charge in [0.05, 0.1) is 6.54 Å². The van der Waals surface area contributed by atoms with Crippen LogP contribution >= 0.6 is 34.5 Å². The fourth-order valence-electron chi connectivity index (χ4n) is 2.18. The molecule has 2 aromatic rings. The molecule has 3 heterocycles. The Kier molecular flexibility index (Phi) is 3.70. The minimum atomic E-state index is -0.598. The van der Waals surface area contributed by atoms with Gasteiger partial charge in [-0.25, -0.2) is 0 Å². The van der Waals surface area contributed by atoms with E-state index in [4.69, 9.17) is 23.2 Å². The molecule has 1 fully saturated rings. The van der Waals surface area contributed by atoms with E-state index >= 15 is 0 Å². The Morgan fingerprint density at radius 2 is 1.94 bits per heavy atom. The van der Waals surface area contributed by atoms with Gasteiger partial charge in [0.25, 0.3) is 0 Å². The van der Waals surface area contributed by atoms with Gasteiger partial charge in [-0.1, -0.05) is 41.0 Å². The lowest BCUT2D eigenvalue weighted by atomic mass is 10.1. The van der Waals surface area contributed by atoms with Crippen LogP contribution in [0.3, 0.4) is 0 Å². The molecule has 0 saturated carbocycles. The van der Waals surface area contributed by atoms with Crippen LogP contribution < -0.4 is 0 Å². The third-order valence-electron chi connectivity index (χ3n) is 3.07. The first-order valence-electron chi connectivity index (χ1n) is 5.95. The van der Waals surface area contributed by atoms with Crippen molar-refractivity contribution >= 4 is 39.5 Å². The summed E-state index contributed by atoms with van der Waals surface area (Å²) < 4.78 is 1.76. The van der Waals surface area contributed by atoms with Crippen LogP contribution in [0.2, 0.25) is 0 Å². The Bertz CT molecular complexity index is 531. The van der Waals surface area contributed by atoms with E-state index in [9.17, 15) is 0 Å². The van der Waals surface area contributed by atoms with Gasteiger partial charge in [0.2, 0.25) is 4.96 Å². The number of likely N-dealkylation sites (tertiary alicyclic amines) is 1. The van der Waals surface area contributed by atoms with Crippen LogP contribution in [0.4, 0.5) is 0 Å². The normalized spacial score (nSPS) is 17.9. The van der Waals surface area contributed by atoms with E-state index in [2.05, 4.69) is 20.2 Å². The Labute approximate surface area is 119 Å². The third kappa shape index (κ3) is 2.47. The molecule has 0 atom stereocenters. The monoisotopic (exact) mass is 305 g/mol. The summed E-state index contributed by atoms with van der Waals surface area (Å²) >= 11 is 13.0. The molecule has 18 heavy (non-hydrogen) atoms. The predicted octanol–water partition coefficient (Wildman–Crippen LogP) is 2.65. The quantitative estimate of drug-likeness (QED) is 0.818. The molecule has 0 bridgehead atoms. The number of nitrogens with zero attached hydrogens (tertiary/aromatic N) is 5. The second kappa shape index (κ2) is 5.28. The lowest BCUT2D eigenvalue weighted by Crippen LogP contribution is -2.30. The number of rotatable bonds is 3. The van der Waals surface area contributed by atoms with Gasteiger partial charge < -0.3 is 0 Å². The SMILES string of the molecule is ClC(Cl)c1nn2c(CN3CCCCC3)nnc2s1. The number of fused-ring (bicyclic) bond motifs is 1. The van der Waals surface area contributed by atoms with Crippen LogP contribution in [0.25, 0.3) is 4.96 Å². The fourth-order valence-corrected chi connectivity index (χ4v) is 3.24. The van der Waals surface area contributed by atoms with Gasteiger partial charge in [-0.15, -0.1) is 10.2 Å². The minimum Gasteiger partial charge on any atom is -0.296 e. The number of hydrogen-bond donors (Lipinski definition) is 0. The van der Waals surface area contributed by atoms with E-state index in [-0.39, 0.29) is 0 Å². The molecule has 0 N–H and O–H groups in total. The average molecular weight is 306 g/mol. The summed E-state index contributed by atoms with van der Waals surface area (Å²) in [5.74, 6) is 0.864. The van der Waals surface area contributed by atoms with Crippen molar-refractivity contribution in [1.82, 2.24) is 24.7 Å². The second-order valence-corrected chi connectivity index (χ2v) is 6.47. The maximum atomic E-state index is 5.82. The Morgan fingerprint density at radius 1 is 1.17 bits per heavy atom. The Morgan fingerprint density at radius 3 is 2.67 bits per heavy atom. The molecule has 98 valence electrons. The van der Waals surface area contributed by atoms with Crippen molar-refractivity contribution in [2.45, 2.75) is 30.6 Å². The maximum Gasteiger partial charge on any atom is 0.234 e. The number of aromatic nitrogens is 4. The summed E-state index contributed by atoms with van der Waals surface area (Å²) in [5, 5.41) is 13.3. The fraction of sp³-hybridized carbons (Fsp3) is 0.700. The van der Waals surface area contributed by atoms with Crippen molar-refractivity contribution in [3.8, 4) is 0 Å². The van der Waals surface area contributed by atoms with Crippen molar-refractivity contribution in [1.29, 1.82) is 0 Å². The molecule has 1 saturated heterocycles. The Hall–Kier alpha value is -0.430. The van der Waals surface area contributed by atoms with Crippen molar-refractivity contribution in [2.75, 3.05) is 13.1 Å². The minimum absolute atomic E-state index is 0.598. The lowest BCUT2D eigenvalue weighted by molar-refractivity contribution is 0.214. The lowest BCUT2D eigenvalue weighted by Gasteiger charge is -2.25. The largest absolute Gasteiger partial charge is 0.296 e. The van der Waals surface area contributed by atoms with Crippen molar-refractivity contribution < 1.29 is 0 Å². The summed E-state index contributed by atoms with van der Waals surface area (Å²) in [5.41, 5.74) is 0. The molecular formula is C10H13Cl2N5S. The van der Waals surface area contributed by atoms with Gasteiger partial charge in [-0.3, -0.25) is 4.90 Å². The molecule has 0 radical (unpaired) electrons. The van der Waals surface area contributed by atoms with Gasteiger partial charge in [-0.2, -0.15) is 9.61 Å². The third-order valence-corrected chi connectivity index (χ3v) is 4.71. The molecule has 0 aliphatic carbocycles. The standard InChI is InChI=1S/C10H13Cl2N5S/c11-8(12)9-15-17-7(13-14-10(17)18-9)6-16-4-2-1-3-5-16/h8H,1-6H2. The topological polar surface area (TPSA) is 46.3 Å². The number of halogens is 2. The molecule has 5 nitrogen and oxygen atoms in total. The summed E-state index contributed by atoms with van der Waals surface area (Å²) in [6, 6.07) is 0. The summed E-state index contributed by atoms with van der Waals surface area (Å²) in [6.07, 6.45) is 3.85. The van der Waals surface area contributed by atoms with E-state index in [0.717, 1.165) is 30.4 Å². The first-order chi connectivity index (χ1) is 8.74. The highest BCUT2D eigenvalue weighted by molar-refractivity contribution is 7.17. The van der Waals surface area contributed by atoms with Crippen LogP contribution in [0.15, 0.2) is 0 Å². The van der Waals surface area contributed by atoms with Crippen molar-refractivity contribution in [3.63, 3.8) is 0 Å². The number of piperidine rings is 1. The average Bonchev–Trinajstić information content (AvgIpc) is 2.93.